The number of ether oxygens (including phenoxy) is 1. The van der Waals surface area contributed by atoms with Gasteiger partial charge in [-0.15, -0.1) is 11.3 Å². The van der Waals surface area contributed by atoms with Crippen LogP contribution in [0, 0.1) is 11.8 Å². The summed E-state index contributed by atoms with van der Waals surface area (Å²) in [5.74, 6) is 6.07. The van der Waals surface area contributed by atoms with Crippen LogP contribution in [-0.2, 0) is 9.84 Å². The van der Waals surface area contributed by atoms with Crippen LogP contribution in [0.4, 0.5) is 24.5 Å². The predicted molar refractivity (Wildman–Crippen MR) is 143 cm³/mol. The number of nitrogens with one attached hydrogen (secondary N) is 3. The van der Waals surface area contributed by atoms with Gasteiger partial charge in [0.2, 0.25) is 0 Å². The highest BCUT2D eigenvalue weighted by Gasteiger charge is 2.29. The van der Waals surface area contributed by atoms with Gasteiger partial charge in [0.1, 0.15) is 5.75 Å². The normalized spacial score (nSPS) is 15.3. The Morgan fingerprint density at radius 1 is 1.16 bits per heavy atom. The molecule has 1 unspecified atom stereocenters. The van der Waals surface area contributed by atoms with Crippen LogP contribution in [0.15, 0.2) is 41.3 Å². The smallest absolute Gasteiger partial charge is 0.273 e. The van der Waals surface area contributed by atoms with E-state index in [1.54, 1.807) is 18.2 Å². The van der Waals surface area contributed by atoms with E-state index in [4.69, 9.17) is 4.74 Å². The molecule has 1 saturated heterocycles. The van der Waals surface area contributed by atoms with Gasteiger partial charge in [-0.3, -0.25) is 0 Å². The molecule has 3 aromatic rings. The zero-order valence-electron chi connectivity index (χ0n) is 20.4. The zero-order valence-corrected chi connectivity index (χ0v) is 22.0. The first-order chi connectivity index (χ1) is 17.7. The van der Waals surface area contributed by atoms with E-state index in [1.165, 1.54) is 30.6 Å². The van der Waals surface area contributed by atoms with Crippen molar-refractivity contribution in [2.45, 2.75) is 36.4 Å². The fraction of sp³-hybridized carbons (Fsp3) is 0.385. The molecule has 37 heavy (non-hydrogen) atoms. The summed E-state index contributed by atoms with van der Waals surface area (Å²) in [6.45, 7) is 1.90. The maximum absolute atomic E-state index is 14.8. The Labute approximate surface area is 218 Å². The van der Waals surface area contributed by atoms with Gasteiger partial charge < -0.3 is 20.7 Å². The molecule has 2 heterocycles. The van der Waals surface area contributed by atoms with Crippen molar-refractivity contribution in [3.05, 3.63) is 46.8 Å². The van der Waals surface area contributed by atoms with Crippen LogP contribution in [0.2, 0.25) is 0 Å². The quantitative estimate of drug-likeness (QED) is 0.334. The molecule has 0 aliphatic carbocycles. The third-order valence-electron chi connectivity index (χ3n) is 6.12. The van der Waals surface area contributed by atoms with Gasteiger partial charge in [-0.05, 0) is 44.1 Å². The average molecular weight is 552 g/mol. The molecule has 198 valence electrons. The Kier molecular flexibility index (Phi) is 8.52. The van der Waals surface area contributed by atoms with E-state index in [0.29, 0.717) is 21.5 Å². The molecule has 3 N–H and O–H groups in total. The number of hydrogen-bond acceptors (Lipinski definition) is 7. The van der Waals surface area contributed by atoms with Crippen molar-refractivity contribution in [1.29, 1.82) is 0 Å². The predicted octanol–water partition coefficient (Wildman–Crippen LogP) is 5.22. The second kappa shape index (κ2) is 11.6. The summed E-state index contributed by atoms with van der Waals surface area (Å²) in [5.41, 5.74) is 1.22. The average Bonchev–Trinajstić information content (AvgIpc) is 3.25. The zero-order chi connectivity index (χ0) is 26.6. The standard InChI is InChI=1S/C26H28F3N3O3S2/c1-35-21-15-17(37(2,33)34)8-9-19(21)31-12-4-7-22-23(24(27)26(28)29)18-5-3-6-20(25(18)36-22)32-16-10-13-30-14-11-16/h3,5-6,8-9,15-16,24,26,30-32H,10-14H2,1-2H3. The Morgan fingerprint density at radius 2 is 1.92 bits per heavy atom. The molecule has 1 aromatic heterocycles. The first kappa shape index (κ1) is 27.1. The maximum Gasteiger partial charge on any atom is 0.273 e. The molecule has 1 fully saturated rings. The van der Waals surface area contributed by atoms with E-state index in [2.05, 4.69) is 27.8 Å². The van der Waals surface area contributed by atoms with E-state index < -0.39 is 22.4 Å². The monoisotopic (exact) mass is 551 g/mol. The molecule has 1 aliphatic heterocycles. The van der Waals surface area contributed by atoms with E-state index >= 15 is 0 Å². The van der Waals surface area contributed by atoms with Crippen LogP contribution in [0.1, 0.15) is 29.5 Å². The lowest BCUT2D eigenvalue weighted by Crippen LogP contribution is -2.35. The number of hydrogen-bond donors (Lipinski definition) is 3. The van der Waals surface area contributed by atoms with Crippen LogP contribution in [0.25, 0.3) is 10.1 Å². The summed E-state index contributed by atoms with van der Waals surface area (Å²) in [5, 5.41) is 10.3. The van der Waals surface area contributed by atoms with Gasteiger partial charge in [0, 0.05) is 29.3 Å². The van der Waals surface area contributed by atoms with Crippen molar-refractivity contribution in [2.75, 3.05) is 43.6 Å². The van der Waals surface area contributed by atoms with Gasteiger partial charge >= 0.3 is 0 Å². The highest BCUT2D eigenvalue weighted by Crippen LogP contribution is 2.42. The van der Waals surface area contributed by atoms with E-state index in [-0.39, 0.29) is 27.9 Å². The van der Waals surface area contributed by atoms with Gasteiger partial charge in [-0.1, -0.05) is 24.0 Å². The molecule has 2 aromatic carbocycles. The van der Waals surface area contributed by atoms with Crippen LogP contribution in [-0.4, -0.2) is 53.9 Å². The molecule has 0 bridgehead atoms. The second-order valence-corrected chi connectivity index (χ2v) is 11.8. The summed E-state index contributed by atoms with van der Waals surface area (Å²) < 4.78 is 71.2. The number of methoxy groups -OCH3 is 1. The highest BCUT2D eigenvalue weighted by molar-refractivity contribution is 7.90. The fourth-order valence-corrected chi connectivity index (χ4v) is 6.06. The number of anilines is 2. The summed E-state index contributed by atoms with van der Waals surface area (Å²) in [7, 11) is -1.98. The topological polar surface area (TPSA) is 79.5 Å². The van der Waals surface area contributed by atoms with Crippen molar-refractivity contribution in [2.24, 2.45) is 0 Å². The van der Waals surface area contributed by atoms with Crippen molar-refractivity contribution >= 4 is 42.6 Å². The summed E-state index contributed by atoms with van der Waals surface area (Å²) in [6.07, 6.45) is -2.65. The van der Waals surface area contributed by atoms with Crippen molar-refractivity contribution < 1.29 is 26.3 Å². The number of halogens is 3. The molecule has 4 rings (SSSR count). The molecule has 11 heteroatoms. The fourth-order valence-electron chi connectivity index (χ4n) is 4.24. The lowest BCUT2D eigenvalue weighted by Gasteiger charge is -2.25. The molecule has 1 atom stereocenters. The third-order valence-corrected chi connectivity index (χ3v) is 8.40. The Morgan fingerprint density at radius 3 is 2.59 bits per heavy atom. The first-order valence-electron chi connectivity index (χ1n) is 11.7. The molecule has 0 spiro atoms. The largest absolute Gasteiger partial charge is 0.495 e. The van der Waals surface area contributed by atoms with Crippen LogP contribution in [0.3, 0.4) is 0 Å². The Balaban J connectivity index is 1.61. The number of alkyl halides is 3. The number of sulfone groups is 1. The molecule has 0 amide bonds. The Hall–Kier alpha value is -2.94. The SMILES string of the molecule is COc1cc(S(C)(=O)=O)ccc1NCC#Cc1sc2c(NC3CCNCC3)cccc2c1C(F)C(F)F. The van der Waals surface area contributed by atoms with E-state index in [1.807, 2.05) is 6.07 Å². The van der Waals surface area contributed by atoms with Crippen molar-refractivity contribution in [3.63, 3.8) is 0 Å². The Bertz CT molecular complexity index is 1430. The molecule has 6 nitrogen and oxygen atoms in total. The molecule has 1 aliphatic rings. The summed E-state index contributed by atoms with van der Waals surface area (Å²) >= 11 is 1.20. The summed E-state index contributed by atoms with van der Waals surface area (Å²) in [6, 6.07) is 9.94. The summed E-state index contributed by atoms with van der Waals surface area (Å²) in [4.78, 5) is 0.370. The molecular weight excluding hydrogens is 523 g/mol. The minimum atomic E-state index is -3.40. The van der Waals surface area contributed by atoms with Crippen LogP contribution in [0.5, 0.6) is 5.75 Å². The van der Waals surface area contributed by atoms with E-state index in [9.17, 15) is 21.6 Å². The van der Waals surface area contributed by atoms with Gasteiger partial charge in [0.15, 0.2) is 16.0 Å². The molecule has 0 radical (unpaired) electrons. The number of fused-ring (bicyclic) bond motifs is 1. The van der Waals surface area contributed by atoms with Gasteiger partial charge in [0.05, 0.1) is 39.5 Å². The number of thiophene rings is 1. The van der Waals surface area contributed by atoms with Crippen molar-refractivity contribution in [3.8, 4) is 17.6 Å². The number of benzene rings is 2. The molecule has 0 saturated carbocycles. The van der Waals surface area contributed by atoms with E-state index in [0.717, 1.165) is 37.9 Å². The highest BCUT2D eigenvalue weighted by atomic mass is 32.2. The maximum atomic E-state index is 14.8. The number of piperidine rings is 1. The first-order valence-corrected chi connectivity index (χ1v) is 14.5. The lowest BCUT2D eigenvalue weighted by molar-refractivity contribution is 0.0504. The number of rotatable bonds is 8. The van der Waals surface area contributed by atoms with Crippen LogP contribution >= 0.6 is 11.3 Å². The lowest BCUT2D eigenvalue weighted by atomic mass is 10.0. The molecular formula is C26H28F3N3O3S2. The van der Waals surface area contributed by atoms with Gasteiger partial charge in [-0.2, -0.15) is 0 Å². The van der Waals surface area contributed by atoms with Gasteiger partial charge in [0.25, 0.3) is 6.43 Å². The van der Waals surface area contributed by atoms with Crippen LogP contribution < -0.4 is 20.7 Å². The minimum Gasteiger partial charge on any atom is -0.495 e. The third kappa shape index (κ3) is 6.32. The van der Waals surface area contributed by atoms with Crippen molar-refractivity contribution in [1.82, 2.24) is 5.32 Å². The van der Waals surface area contributed by atoms with Gasteiger partial charge in [-0.25, -0.2) is 21.6 Å². The minimum absolute atomic E-state index is 0.0912. The second-order valence-electron chi connectivity index (χ2n) is 8.72.